The Bertz CT molecular complexity index is 604. The van der Waals surface area contributed by atoms with E-state index in [1.165, 1.54) is 42.0 Å². The molecule has 1 aliphatic rings. The molecule has 3 rings (SSSR count). The second-order valence-corrected chi connectivity index (χ2v) is 6.79. The lowest BCUT2D eigenvalue weighted by Gasteiger charge is -2.13. The van der Waals surface area contributed by atoms with Crippen molar-refractivity contribution in [3.05, 3.63) is 48.0 Å². The van der Waals surface area contributed by atoms with E-state index in [1.54, 1.807) is 0 Å². The lowest BCUT2D eigenvalue weighted by atomic mass is 9.96. The first-order chi connectivity index (χ1) is 10.7. The van der Waals surface area contributed by atoms with E-state index >= 15 is 0 Å². The number of aliphatic hydroxyl groups is 1. The van der Waals surface area contributed by atoms with Crippen LogP contribution in [-0.2, 0) is 6.42 Å². The zero-order valence-corrected chi connectivity index (χ0v) is 13.5. The van der Waals surface area contributed by atoms with Crippen molar-refractivity contribution < 1.29 is 5.11 Å². The third-order valence-corrected chi connectivity index (χ3v) is 4.99. The van der Waals surface area contributed by atoms with Crippen molar-refractivity contribution in [1.82, 2.24) is 4.90 Å². The molecule has 0 spiro atoms. The van der Waals surface area contributed by atoms with Crippen molar-refractivity contribution in [2.75, 3.05) is 20.1 Å². The van der Waals surface area contributed by atoms with Crippen molar-refractivity contribution in [2.24, 2.45) is 5.92 Å². The molecule has 22 heavy (non-hydrogen) atoms. The van der Waals surface area contributed by atoms with Crippen LogP contribution in [0.3, 0.4) is 0 Å². The normalized spacial score (nSPS) is 22.5. The van der Waals surface area contributed by atoms with Gasteiger partial charge in [-0.2, -0.15) is 0 Å². The fourth-order valence-electron chi connectivity index (χ4n) is 3.76. The Morgan fingerprint density at radius 1 is 1.00 bits per heavy atom. The molecule has 0 amide bonds. The highest BCUT2D eigenvalue weighted by molar-refractivity contribution is 5.85. The summed E-state index contributed by atoms with van der Waals surface area (Å²) in [6.07, 6.45) is 5.96. The molecular weight excluding hydrogens is 270 g/mol. The monoisotopic (exact) mass is 297 g/mol. The number of unbranched alkanes of at least 4 members (excludes halogenated alkanes) is 2. The maximum atomic E-state index is 9.97. The van der Waals surface area contributed by atoms with E-state index in [0.29, 0.717) is 5.92 Å². The summed E-state index contributed by atoms with van der Waals surface area (Å²) in [7, 11) is 2.10. The lowest BCUT2D eigenvalue weighted by molar-refractivity contribution is 0.138. The molecule has 1 aliphatic heterocycles. The second-order valence-electron chi connectivity index (χ2n) is 6.79. The highest BCUT2D eigenvalue weighted by Gasteiger charge is 2.28. The van der Waals surface area contributed by atoms with E-state index < -0.39 is 0 Å². The molecule has 118 valence electrons. The van der Waals surface area contributed by atoms with E-state index in [1.807, 2.05) is 0 Å². The number of benzene rings is 2. The Labute approximate surface area is 133 Å². The molecule has 0 saturated carbocycles. The van der Waals surface area contributed by atoms with Crippen LogP contribution in [0.25, 0.3) is 10.8 Å². The molecule has 2 nitrogen and oxygen atoms in total. The number of β-amino-alcohol motifs (C(OH)–C–C–N with tert-alkyl or cyclic N) is 1. The topological polar surface area (TPSA) is 23.5 Å². The number of hydrogen-bond acceptors (Lipinski definition) is 2. The molecule has 2 heteroatoms. The molecule has 2 aromatic rings. The molecule has 1 N–H and O–H groups in total. The minimum atomic E-state index is -0.108. The number of nitrogens with zero attached hydrogens (tertiary/aromatic N) is 1. The first-order valence-electron chi connectivity index (χ1n) is 8.57. The smallest absolute Gasteiger partial charge is 0.0707 e. The fourth-order valence-corrected chi connectivity index (χ4v) is 3.76. The zero-order valence-electron chi connectivity index (χ0n) is 13.5. The van der Waals surface area contributed by atoms with E-state index in [9.17, 15) is 5.11 Å². The third kappa shape index (κ3) is 3.68. The number of hydrogen-bond donors (Lipinski definition) is 1. The average molecular weight is 297 g/mol. The van der Waals surface area contributed by atoms with Crippen LogP contribution in [0.2, 0.25) is 0 Å². The summed E-state index contributed by atoms with van der Waals surface area (Å²) in [6.45, 7) is 1.91. The van der Waals surface area contributed by atoms with Gasteiger partial charge in [-0.25, -0.2) is 0 Å². The van der Waals surface area contributed by atoms with Gasteiger partial charge in [-0.05, 0) is 48.6 Å². The summed E-state index contributed by atoms with van der Waals surface area (Å²) in [5.41, 5.74) is 1.47. The van der Waals surface area contributed by atoms with Crippen molar-refractivity contribution in [3.63, 3.8) is 0 Å². The third-order valence-electron chi connectivity index (χ3n) is 4.99. The van der Waals surface area contributed by atoms with Gasteiger partial charge in [0.05, 0.1) is 6.10 Å². The highest BCUT2D eigenvalue weighted by atomic mass is 16.3. The first-order valence-corrected chi connectivity index (χ1v) is 8.57. The lowest BCUT2D eigenvalue weighted by Crippen LogP contribution is -2.17. The highest BCUT2D eigenvalue weighted by Crippen LogP contribution is 2.23. The van der Waals surface area contributed by atoms with Crippen LogP contribution in [0.4, 0.5) is 0 Å². The second kappa shape index (κ2) is 7.26. The molecule has 0 aliphatic carbocycles. The number of aryl methyl sites for hydroxylation is 1. The van der Waals surface area contributed by atoms with E-state index in [2.05, 4.69) is 54.4 Å². The van der Waals surface area contributed by atoms with E-state index in [-0.39, 0.29) is 6.10 Å². The Morgan fingerprint density at radius 2 is 1.82 bits per heavy atom. The van der Waals surface area contributed by atoms with Crippen LogP contribution in [0, 0.1) is 5.92 Å². The molecule has 2 atom stereocenters. The SMILES string of the molecule is CN1C[C@H](CCCCCc2cccc3ccccc23)[C@H](O)C1. The van der Waals surface area contributed by atoms with Crippen LogP contribution in [-0.4, -0.2) is 36.2 Å². The van der Waals surface area contributed by atoms with Gasteiger partial charge in [0.25, 0.3) is 0 Å². The van der Waals surface area contributed by atoms with Crippen LogP contribution in [0.5, 0.6) is 0 Å². The predicted octanol–water partition coefficient (Wildman–Crippen LogP) is 3.87. The summed E-state index contributed by atoms with van der Waals surface area (Å²) in [6, 6.07) is 15.3. The maximum absolute atomic E-state index is 9.97. The van der Waals surface area contributed by atoms with Crippen LogP contribution in [0.1, 0.15) is 31.2 Å². The van der Waals surface area contributed by atoms with Gasteiger partial charge in [-0.1, -0.05) is 55.3 Å². The van der Waals surface area contributed by atoms with Crippen LogP contribution in [0.15, 0.2) is 42.5 Å². The molecule has 0 radical (unpaired) electrons. The largest absolute Gasteiger partial charge is 0.391 e. The van der Waals surface area contributed by atoms with Crippen molar-refractivity contribution in [1.29, 1.82) is 0 Å². The number of likely N-dealkylation sites (tertiary alicyclic amines) is 1. The number of aliphatic hydroxyl groups excluding tert-OH is 1. The number of likely N-dealkylation sites (N-methyl/N-ethyl adjacent to an activating group) is 1. The summed E-state index contributed by atoms with van der Waals surface area (Å²) in [5.74, 6) is 0.488. The van der Waals surface area contributed by atoms with E-state index in [4.69, 9.17) is 0 Å². The quantitative estimate of drug-likeness (QED) is 0.818. The van der Waals surface area contributed by atoms with Gasteiger partial charge >= 0.3 is 0 Å². The molecule has 0 bridgehead atoms. The molecule has 1 heterocycles. The standard InChI is InChI=1S/C20H27NO/c1-21-14-18(20(22)15-21)10-4-2-3-8-16-11-7-12-17-9-5-6-13-19(16)17/h5-7,9,11-13,18,20,22H,2-4,8,10,14-15H2,1H3/t18-,20+/m0/s1. The fraction of sp³-hybridized carbons (Fsp3) is 0.500. The summed E-state index contributed by atoms with van der Waals surface area (Å²) in [4.78, 5) is 2.24. The van der Waals surface area contributed by atoms with Crippen molar-refractivity contribution in [3.8, 4) is 0 Å². The van der Waals surface area contributed by atoms with Gasteiger partial charge in [0.15, 0.2) is 0 Å². The molecular formula is C20H27NO. The van der Waals surface area contributed by atoms with Gasteiger partial charge in [0.2, 0.25) is 0 Å². The number of fused-ring (bicyclic) bond motifs is 1. The van der Waals surface area contributed by atoms with Gasteiger partial charge in [0, 0.05) is 13.1 Å². The Hall–Kier alpha value is -1.38. The maximum Gasteiger partial charge on any atom is 0.0707 e. The van der Waals surface area contributed by atoms with Gasteiger partial charge in [0.1, 0.15) is 0 Å². The molecule has 2 aromatic carbocycles. The van der Waals surface area contributed by atoms with Crippen molar-refractivity contribution >= 4 is 10.8 Å². The Balaban J connectivity index is 1.45. The van der Waals surface area contributed by atoms with Crippen LogP contribution >= 0.6 is 0 Å². The first kappa shape index (κ1) is 15.5. The number of rotatable bonds is 6. The average Bonchev–Trinajstić information content (AvgIpc) is 2.85. The Kier molecular flexibility index (Phi) is 5.12. The predicted molar refractivity (Wildman–Crippen MR) is 93.1 cm³/mol. The molecule has 1 fully saturated rings. The summed E-state index contributed by atoms with van der Waals surface area (Å²) >= 11 is 0. The molecule has 1 saturated heterocycles. The minimum Gasteiger partial charge on any atom is -0.391 e. The van der Waals surface area contributed by atoms with Crippen LogP contribution < -0.4 is 0 Å². The minimum absolute atomic E-state index is 0.108. The van der Waals surface area contributed by atoms with Gasteiger partial charge < -0.3 is 10.0 Å². The van der Waals surface area contributed by atoms with Gasteiger partial charge in [-0.15, -0.1) is 0 Å². The molecule has 0 unspecified atom stereocenters. The Morgan fingerprint density at radius 3 is 2.64 bits per heavy atom. The van der Waals surface area contributed by atoms with Gasteiger partial charge in [-0.3, -0.25) is 0 Å². The summed E-state index contributed by atoms with van der Waals surface area (Å²) < 4.78 is 0. The van der Waals surface area contributed by atoms with E-state index in [0.717, 1.165) is 19.5 Å². The molecule has 0 aromatic heterocycles. The van der Waals surface area contributed by atoms with Crippen molar-refractivity contribution in [2.45, 2.75) is 38.2 Å². The summed E-state index contributed by atoms with van der Waals surface area (Å²) in [5, 5.41) is 12.7. The zero-order chi connectivity index (χ0) is 15.4.